The molecule has 1 saturated carbocycles. The second-order valence-electron chi connectivity index (χ2n) is 10.9. The van der Waals surface area contributed by atoms with Crippen molar-refractivity contribution in [3.63, 3.8) is 0 Å². The van der Waals surface area contributed by atoms with Gasteiger partial charge >= 0.3 is 5.97 Å². The van der Waals surface area contributed by atoms with E-state index in [-0.39, 0.29) is 28.5 Å². The summed E-state index contributed by atoms with van der Waals surface area (Å²) in [5, 5.41) is 25.0. The number of rotatable bonds is 8. The topological polar surface area (TPSA) is 123 Å². The maximum Gasteiger partial charge on any atom is 0.355 e. The number of hydrogen-bond acceptors (Lipinski definition) is 6. The molecule has 4 aromatic rings. The Bertz CT molecular complexity index is 1780. The zero-order chi connectivity index (χ0) is 30.1. The van der Waals surface area contributed by atoms with Crippen molar-refractivity contribution in [3.05, 3.63) is 81.5 Å². The molecule has 0 bridgehead atoms. The van der Waals surface area contributed by atoms with E-state index < -0.39 is 28.6 Å². The van der Waals surface area contributed by atoms with Crippen LogP contribution in [0.4, 0.5) is 8.78 Å². The first kappa shape index (κ1) is 29.3. The van der Waals surface area contributed by atoms with Gasteiger partial charge in [-0.2, -0.15) is 5.10 Å². The average molecular weight is 622 g/mol. The Morgan fingerprint density at radius 3 is 2.60 bits per heavy atom. The molecule has 6 rings (SSSR count). The van der Waals surface area contributed by atoms with Gasteiger partial charge < -0.3 is 10.4 Å². The standard InChI is InChI=1S/C31H29F2N5O3S2/c32-24-7-6-22(16-21(24)5-3-18-9-11-35-12-10-18)29-23(13-20-4-8-28(43(34)41)25(33)14-20)27(15-19-1-2-19)38(37-29)31-36-26(17-42-31)30(39)40/h4,6-8,14,16-19,35H,1-2,9-13,15,34H2,(H,39,40). The van der Waals surface area contributed by atoms with Gasteiger partial charge in [-0.25, -0.2) is 32.6 Å². The molecule has 2 aliphatic rings. The molecular weight excluding hydrogens is 593 g/mol. The average Bonchev–Trinajstić information content (AvgIpc) is 3.55. The minimum Gasteiger partial charge on any atom is -0.476 e. The molecule has 2 aromatic heterocycles. The molecule has 12 heteroatoms. The molecule has 1 saturated heterocycles. The van der Waals surface area contributed by atoms with Crippen molar-refractivity contribution in [1.82, 2.24) is 20.1 Å². The summed E-state index contributed by atoms with van der Waals surface area (Å²) < 4.78 is 43.2. The molecule has 2 fully saturated rings. The summed E-state index contributed by atoms with van der Waals surface area (Å²) >= 11 is 1.17. The van der Waals surface area contributed by atoms with Gasteiger partial charge in [0.2, 0.25) is 5.13 Å². The van der Waals surface area contributed by atoms with Gasteiger partial charge in [-0.15, -0.1) is 11.3 Å². The van der Waals surface area contributed by atoms with Crippen LogP contribution in [0.15, 0.2) is 46.7 Å². The molecule has 1 unspecified atom stereocenters. The van der Waals surface area contributed by atoms with Gasteiger partial charge in [0.15, 0.2) is 5.69 Å². The van der Waals surface area contributed by atoms with Gasteiger partial charge in [-0.05, 0) is 87.0 Å². The number of carboxylic acids is 1. The molecule has 1 atom stereocenters. The summed E-state index contributed by atoms with van der Waals surface area (Å²) in [6, 6.07) is 9.12. The van der Waals surface area contributed by atoms with E-state index in [1.165, 1.54) is 34.9 Å². The number of aromatic carboxylic acids is 1. The van der Waals surface area contributed by atoms with Crippen molar-refractivity contribution < 1.29 is 22.9 Å². The lowest BCUT2D eigenvalue weighted by Gasteiger charge is -2.17. The molecule has 0 radical (unpaired) electrons. The van der Waals surface area contributed by atoms with Gasteiger partial charge in [-0.3, -0.25) is 0 Å². The molecule has 4 N–H and O–H groups in total. The SMILES string of the molecule is NS(=O)c1ccc(Cc2c(-c3ccc(F)c(C#CC4CCNCC4)c3)nn(-c3nc(C(=O)O)cs3)c2CC2CC2)cc1F. The number of thiazole rings is 1. The Balaban J connectivity index is 1.48. The number of nitrogens with two attached hydrogens (primary N) is 1. The van der Waals surface area contributed by atoms with Crippen LogP contribution in [0.25, 0.3) is 16.4 Å². The Morgan fingerprint density at radius 1 is 1.14 bits per heavy atom. The molecule has 43 heavy (non-hydrogen) atoms. The van der Waals surface area contributed by atoms with Crippen LogP contribution in [-0.2, 0) is 23.8 Å². The monoisotopic (exact) mass is 621 g/mol. The number of carboxylic acid groups (broad SMARTS) is 1. The van der Waals surface area contributed by atoms with Crippen molar-refractivity contribution in [2.24, 2.45) is 17.0 Å². The summed E-state index contributed by atoms with van der Waals surface area (Å²) in [6.45, 7) is 1.77. The largest absolute Gasteiger partial charge is 0.476 e. The fraction of sp³-hybridized carbons (Fsp3) is 0.323. The Morgan fingerprint density at radius 2 is 1.93 bits per heavy atom. The number of aromatic nitrogens is 3. The summed E-state index contributed by atoms with van der Waals surface area (Å²) in [7, 11) is -1.96. The van der Waals surface area contributed by atoms with Crippen LogP contribution in [-0.4, -0.2) is 43.1 Å². The lowest BCUT2D eigenvalue weighted by atomic mass is 9.95. The maximum absolute atomic E-state index is 15.0. The molecule has 222 valence electrons. The quantitative estimate of drug-likeness (QED) is 0.242. The highest BCUT2D eigenvalue weighted by Gasteiger charge is 2.29. The summed E-state index contributed by atoms with van der Waals surface area (Å²) in [5.41, 5.74) is 3.62. The van der Waals surface area contributed by atoms with Crippen LogP contribution in [0.3, 0.4) is 0 Å². The van der Waals surface area contributed by atoms with E-state index in [0.717, 1.165) is 50.0 Å². The fourth-order valence-corrected chi connectivity index (χ4v) is 6.49. The maximum atomic E-state index is 15.0. The van der Waals surface area contributed by atoms with E-state index in [1.54, 1.807) is 22.9 Å². The van der Waals surface area contributed by atoms with Crippen LogP contribution in [0.5, 0.6) is 0 Å². The van der Waals surface area contributed by atoms with E-state index >= 15 is 0 Å². The molecule has 8 nitrogen and oxygen atoms in total. The Hall–Kier alpha value is -3.76. The van der Waals surface area contributed by atoms with Crippen LogP contribution in [0.2, 0.25) is 0 Å². The highest BCUT2D eigenvalue weighted by Crippen LogP contribution is 2.38. The van der Waals surface area contributed by atoms with Crippen LogP contribution >= 0.6 is 11.3 Å². The molecule has 3 heterocycles. The number of nitrogens with one attached hydrogen (secondary N) is 1. The third-order valence-electron chi connectivity index (χ3n) is 7.75. The number of nitrogens with zero attached hydrogens (tertiary/aromatic N) is 3. The number of hydrogen-bond donors (Lipinski definition) is 3. The Labute approximate surface area is 253 Å². The Kier molecular flexibility index (Phi) is 8.50. The lowest BCUT2D eigenvalue weighted by molar-refractivity contribution is 0.0691. The zero-order valence-corrected chi connectivity index (χ0v) is 24.7. The number of halogens is 2. The van der Waals surface area contributed by atoms with Gasteiger partial charge in [0.05, 0.1) is 21.8 Å². The van der Waals surface area contributed by atoms with Gasteiger partial charge in [0, 0.05) is 28.8 Å². The smallest absolute Gasteiger partial charge is 0.355 e. The molecule has 0 spiro atoms. The van der Waals surface area contributed by atoms with Crippen molar-refractivity contribution in [2.45, 2.75) is 43.4 Å². The van der Waals surface area contributed by atoms with Crippen molar-refractivity contribution in [2.75, 3.05) is 13.1 Å². The van der Waals surface area contributed by atoms with Crippen molar-refractivity contribution >= 4 is 28.3 Å². The van der Waals surface area contributed by atoms with E-state index in [0.29, 0.717) is 34.3 Å². The first-order valence-electron chi connectivity index (χ1n) is 14.0. The highest BCUT2D eigenvalue weighted by molar-refractivity contribution is 7.82. The highest BCUT2D eigenvalue weighted by atomic mass is 32.2. The van der Waals surface area contributed by atoms with Gasteiger partial charge in [0.1, 0.15) is 22.6 Å². The second-order valence-corrected chi connectivity index (χ2v) is 12.8. The molecule has 0 amide bonds. The summed E-state index contributed by atoms with van der Waals surface area (Å²) in [5.74, 6) is 4.66. The molecule has 2 aromatic carbocycles. The minimum atomic E-state index is -1.96. The number of benzene rings is 2. The van der Waals surface area contributed by atoms with Crippen LogP contribution in [0, 0.1) is 35.3 Å². The summed E-state index contributed by atoms with van der Waals surface area (Å²) in [4.78, 5) is 15.8. The summed E-state index contributed by atoms with van der Waals surface area (Å²) in [6.07, 6.45) is 4.87. The van der Waals surface area contributed by atoms with E-state index in [9.17, 15) is 22.9 Å². The number of piperidine rings is 1. The zero-order valence-electron chi connectivity index (χ0n) is 23.1. The lowest BCUT2D eigenvalue weighted by Crippen LogP contribution is -2.26. The third kappa shape index (κ3) is 6.60. The molecule has 1 aliphatic heterocycles. The second kappa shape index (κ2) is 12.5. The van der Waals surface area contributed by atoms with E-state index in [4.69, 9.17) is 10.2 Å². The van der Waals surface area contributed by atoms with E-state index in [2.05, 4.69) is 22.1 Å². The number of carbonyl (C=O) groups is 1. The van der Waals surface area contributed by atoms with Crippen LogP contribution in [0.1, 0.15) is 58.6 Å². The predicted molar refractivity (Wildman–Crippen MR) is 160 cm³/mol. The van der Waals surface area contributed by atoms with Crippen LogP contribution < -0.4 is 10.5 Å². The van der Waals surface area contributed by atoms with Crippen molar-refractivity contribution in [1.29, 1.82) is 0 Å². The predicted octanol–water partition coefficient (Wildman–Crippen LogP) is 4.85. The van der Waals surface area contributed by atoms with E-state index in [1.807, 2.05) is 0 Å². The molecular formula is C31H29F2N5O3S2. The third-order valence-corrected chi connectivity index (χ3v) is 9.33. The van der Waals surface area contributed by atoms with Crippen molar-refractivity contribution in [3.8, 4) is 28.2 Å². The normalized spacial score (nSPS) is 16.1. The minimum absolute atomic E-state index is 0.0827. The van der Waals surface area contributed by atoms with Gasteiger partial charge in [-0.1, -0.05) is 17.9 Å². The van der Waals surface area contributed by atoms with Gasteiger partial charge in [0.25, 0.3) is 0 Å². The first-order chi connectivity index (χ1) is 20.8. The fourth-order valence-electron chi connectivity index (χ4n) is 5.26. The first-order valence-corrected chi connectivity index (χ1v) is 16.1. The molecule has 1 aliphatic carbocycles.